The van der Waals surface area contributed by atoms with Gasteiger partial charge in [0.2, 0.25) is 0 Å². The molecule has 0 unspecified atom stereocenters. The van der Waals surface area contributed by atoms with Crippen LogP contribution < -0.4 is 5.32 Å². The summed E-state index contributed by atoms with van der Waals surface area (Å²) in [5, 5.41) is 1.92. The van der Waals surface area contributed by atoms with Crippen molar-refractivity contribution < 1.29 is 21.2 Å². The molecule has 1 saturated heterocycles. The number of pyridine rings is 1. The van der Waals surface area contributed by atoms with Gasteiger partial charge >= 0.3 is 0 Å². The molecule has 2 atom stereocenters. The number of nitrogens with one attached hydrogen (secondary N) is 1. The summed E-state index contributed by atoms with van der Waals surface area (Å²) in [4.78, 5) is 3.95. The first-order valence-electron chi connectivity index (χ1n) is 8.02. The van der Waals surface area contributed by atoms with Crippen LogP contribution in [-0.4, -0.2) is 44.6 Å². The van der Waals surface area contributed by atoms with E-state index in [1.165, 1.54) is 13.0 Å². The molecule has 1 aromatic heterocycles. The Morgan fingerprint density at radius 1 is 1.27 bits per heavy atom. The molecule has 1 N–H and O–H groups in total. The van der Waals surface area contributed by atoms with E-state index in [4.69, 9.17) is 0 Å². The van der Waals surface area contributed by atoms with Crippen LogP contribution >= 0.6 is 0 Å². The molecule has 0 spiro atoms. The van der Waals surface area contributed by atoms with E-state index in [9.17, 15) is 21.2 Å². The van der Waals surface area contributed by atoms with E-state index in [1.807, 2.05) is 6.07 Å². The Bertz CT molecular complexity index is 1010. The molecule has 0 bridgehead atoms. The van der Waals surface area contributed by atoms with Crippen molar-refractivity contribution in [2.45, 2.75) is 29.7 Å². The average molecular weight is 398 g/mol. The molecule has 1 aliphatic rings. The van der Waals surface area contributed by atoms with Crippen LogP contribution in [0.5, 0.6) is 0 Å². The maximum atomic E-state index is 13.3. The first kappa shape index (κ1) is 18.9. The van der Waals surface area contributed by atoms with E-state index in [0.29, 0.717) is 6.54 Å². The fraction of sp³-hybridized carbons (Fsp3) is 0.353. The van der Waals surface area contributed by atoms with Crippen molar-refractivity contribution in [2.24, 2.45) is 0 Å². The van der Waals surface area contributed by atoms with Crippen molar-refractivity contribution >= 4 is 19.7 Å². The summed E-state index contributed by atoms with van der Waals surface area (Å²) in [6, 6.07) is 6.23. The second-order valence-electron chi connectivity index (χ2n) is 6.42. The standard InChI is InChI=1S/C17H19FN2O4S2/c1-12-7-14(18)4-5-16(12)26(23,24)17-11-25(21,22)10-15(17)20-9-13-3-2-6-19-8-13/h2-8,15,17,20H,9-11H2,1H3/t15-,17-/m0/s1. The molecule has 6 nitrogen and oxygen atoms in total. The minimum atomic E-state index is -3.93. The SMILES string of the molecule is Cc1cc(F)ccc1S(=O)(=O)[C@H]1CS(=O)(=O)C[C@@H]1NCc1cccnc1. The lowest BCUT2D eigenvalue weighted by molar-refractivity contribution is 0.525. The van der Waals surface area contributed by atoms with Gasteiger partial charge in [0, 0.05) is 25.0 Å². The Balaban J connectivity index is 1.89. The van der Waals surface area contributed by atoms with E-state index >= 15 is 0 Å². The first-order chi connectivity index (χ1) is 12.2. The van der Waals surface area contributed by atoms with Gasteiger partial charge in [0.15, 0.2) is 19.7 Å². The number of hydrogen-bond donors (Lipinski definition) is 1. The van der Waals surface area contributed by atoms with Gasteiger partial charge < -0.3 is 5.32 Å². The number of rotatable bonds is 5. The molecular formula is C17H19FN2O4S2. The van der Waals surface area contributed by atoms with Crippen molar-refractivity contribution in [3.8, 4) is 0 Å². The fourth-order valence-corrected chi connectivity index (χ4v) is 8.10. The largest absolute Gasteiger partial charge is 0.308 e. The zero-order valence-electron chi connectivity index (χ0n) is 14.1. The van der Waals surface area contributed by atoms with E-state index in [-0.39, 0.29) is 16.2 Å². The lowest BCUT2D eigenvalue weighted by atomic mass is 10.2. The Hall–Kier alpha value is -1.84. The molecule has 3 rings (SSSR count). The quantitative estimate of drug-likeness (QED) is 0.762. The van der Waals surface area contributed by atoms with Crippen LogP contribution in [0.2, 0.25) is 0 Å². The third kappa shape index (κ3) is 3.94. The van der Waals surface area contributed by atoms with E-state index in [2.05, 4.69) is 10.3 Å². The maximum Gasteiger partial charge on any atom is 0.184 e. The first-order valence-corrected chi connectivity index (χ1v) is 11.4. The smallest absolute Gasteiger partial charge is 0.184 e. The summed E-state index contributed by atoms with van der Waals surface area (Å²) in [7, 11) is -7.43. The Morgan fingerprint density at radius 3 is 2.69 bits per heavy atom. The minimum absolute atomic E-state index is 0.0332. The summed E-state index contributed by atoms with van der Waals surface area (Å²) >= 11 is 0. The number of aromatic nitrogens is 1. The third-order valence-electron chi connectivity index (χ3n) is 4.43. The van der Waals surface area contributed by atoms with Crippen LogP contribution in [-0.2, 0) is 26.2 Å². The molecular weight excluding hydrogens is 379 g/mol. The van der Waals surface area contributed by atoms with Crippen molar-refractivity contribution in [3.05, 3.63) is 59.7 Å². The van der Waals surface area contributed by atoms with Gasteiger partial charge in [-0.05, 0) is 42.3 Å². The Kier molecular flexibility index (Phi) is 5.14. The normalized spacial score (nSPS) is 22.4. The molecule has 1 aliphatic heterocycles. The summed E-state index contributed by atoms with van der Waals surface area (Å²) in [5.74, 6) is -1.24. The summed E-state index contributed by atoms with van der Waals surface area (Å²) in [6.45, 7) is 1.81. The topological polar surface area (TPSA) is 93.2 Å². The molecule has 1 fully saturated rings. The maximum absolute atomic E-state index is 13.3. The Labute approximate surface area is 152 Å². The molecule has 2 aromatic rings. The second-order valence-corrected chi connectivity index (χ2v) is 10.7. The van der Waals surface area contributed by atoms with Gasteiger partial charge in [0.05, 0.1) is 21.7 Å². The van der Waals surface area contributed by atoms with Gasteiger partial charge in [-0.3, -0.25) is 4.98 Å². The van der Waals surface area contributed by atoms with Crippen LogP contribution in [0.1, 0.15) is 11.1 Å². The number of nitrogens with zero attached hydrogens (tertiary/aromatic N) is 1. The second kappa shape index (κ2) is 7.05. The predicted octanol–water partition coefficient (Wildman–Crippen LogP) is 1.26. The molecule has 0 amide bonds. The highest BCUT2D eigenvalue weighted by molar-refractivity contribution is 7.96. The average Bonchev–Trinajstić information content (AvgIpc) is 2.89. The minimum Gasteiger partial charge on any atom is -0.308 e. The van der Waals surface area contributed by atoms with Gasteiger partial charge in [-0.2, -0.15) is 0 Å². The summed E-state index contributed by atoms with van der Waals surface area (Å²) in [5.41, 5.74) is 1.09. The van der Waals surface area contributed by atoms with Crippen LogP contribution in [0.25, 0.3) is 0 Å². The van der Waals surface area contributed by atoms with Crippen molar-refractivity contribution in [1.82, 2.24) is 10.3 Å². The molecule has 2 heterocycles. The van der Waals surface area contributed by atoms with Gasteiger partial charge in [0.1, 0.15) is 5.82 Å². The van der Waals surface area contributed by atoms with Crippen LogP contribution in [0.15, 0.2) is 47.6 Å². The number of hydrogen-bond acceptors (Lipinski definition) is 6. The van der Waals surface area contributed by atoms with Gasteiger partial charge in [0.25, 0.3) is 0 Å². The van der Waals surface area contributed by atoms with Crippen LogP contribution in [0.4, 0.5) is 4.39 Å². The highest BCUT2D eigenvalue weighted by Gasteiger charge is 2.46. The monoisotopic (exact) mass is 398 g/mol. The molecule has 0 saturated carbocycles. The predicted molar refractivity (Wildman–Crippen MR) is 95.6 cm³/mol. The van der Waals surface area contributed by atoms with Crippen molar-refractivity contribution in [1.29, 1.82) is 0 Å². The van der Waals surface area contributed by atoms with Crippen LogP contribution in [0.3, 0.4) is 0 Å². The number of halogens is 1. The lowest BCUT2D eigenvalue weighted by Crippen LogP contribution is -2.43. The summed E-state index contributed by atoms with van der Waals surface area (Å²) < 4.78 is 63.6. The van der Waals surface area contributed by atoms with Gasteiger partial charge in [-0.1, -0.05) is 6.07 Å². The molecule has 9 heteroatoms. The number of sulfone groups is 2. The van der Waals surface area contributed by atoms with E-state index in [1.54, 1.807) is 18.5 Å². The highest BCUT2D eigenvalue weighted by Crippen LogP contribution is 2.28. The molecule has 26 heavy (non-hydrogen) atoms. The van der Waals surface area contributed by atoms with E-state index < -0.39 is 42.5 Å². The molecule has 1 aromatic carbocycles. The van der Waals surface area contributed by atoms with Crippen molar-refractivity contribution in [2.75, 3.05) is 11.5 Å². The molecule has 140 valence electrons. The number of aryl methyl sites for hydroxylation is 1. The lowest BCUT2D eigenvalue weighted by Gasteiger charge is -2.21. The zero-order valence-corrected chi connectivity index (χ0v) is 15.7. The van der Waals surface area contributed by atoms with E-state index in [0.717, 1.165) is 17.7 Å². The fourth-order valence-electron chi connectivity index (χ4n) is 3.16. The summed E-state index contributed by atoms with van der Waals surface area (Å²) in [6.07, 6.45) is 3.25. The Morgan fingerprint density at radius 2 is 2.04 bits per heavy atom. The van der Waals surface area contributed by atoms with Gasteiger partial charge in [-0.15, -0.1) is 0 Å². The van der Waals surface area contributed by atoms with Crippen LogP contribution in [0, 0.1) is 12.7 Å². The highest BCUT2D eigenvalue weighted by atomic mass is 32.2. The molecule has 0 aliphatic carbocycles. The number of benzene rings is 1. The zero-order chi connectivity index (χ0) is 18.9. The third-order valence-corrected chi connectivity index (χ3v) is 8.74. The van der Waals surface area contributed by atoms with Gasteiger partial charge in [-0.25, -0.2) is 21.2 Å². The molecule has 0 radical (unpaired) electrons. The van der Waals surface area contributed by atoms with Crippen molar-refractivity contribution in [3.63, 3.8) is 0 Å².